The highest BCUT2D eigenvalue weighted by molar-refractivity contribution is 6.04. The molecule has 0 aliphatic carbocycles. The third-order valence-corrected chi connectivity index (χ3v) is 4.70. The van der Waals surface area contributed by atoms with Gasteiger partial charge in [-0.1, -0.05) is 39.0 Å². The summed E-state index contributed by atoms with van der Waals surface area (Å²) in [6.45, 7) is 8.11. The first-order chi connectivity index (χ1) is 9.68. The SMILES string of the molecule is CN1C(=O)[C@@]2(C)Cc3ccccc3C(=O)N2[C@H]1C(C)(C)C. The Morgan fingerprint density at radius 3 is 2.43 bits per heavy atom. The summed E-state index contributed by atoms with van der Waals surface area (Å²) in [5.74, 6) is 0.00209. The molecule has 1 fully saturated rings. The van der Waals surface area contributed by atoms with E-state index in [-0.39, 0.29) is 23.4 Å². The predicted molar refractivity (Wildman–Crippen MR) is 80.7 cm³/mol. The van der Waals surface area contributed by atoms with Crippen molar-refractivity contribution in [1.29, 1.82) is 0 Å². The molecule has 3 rings (SSSR count). The minimum atomic E-state index is -0.766. The van der Waals surface area contributed by atoms with Crippen molar-refractivity contribution in [3.63, 3.8) is 0 Å². The van der Waals surface area contributed by atoms with Gasteiger partial charge in [0, 0.05) is 24.4 Å². The fraction of sp³-hybridized carbons (Fsp3) is 0.529. The van der Waals surface area contributed by atoms with Gasteiger partial charge < -0.3 is 9.80 Å². The molecule has 0 aromatic heterocycles. The topological polar surface area (TPSA) is 40.6 Å². The number of carbonyl (C=O) groups is 2. The number of fused-ring (bicyclic) bond motifs is 2. The van der Waals surface area contributed by atoms with Gasteiger partial charge in [0.25, 0.3) is 5.91 Å². The van der Waals surface area contributed by atoms with E-state index in [1.165, 1.54) is 0 Å². The minimum absolute atomic E-state index is 0.0306. The highest BCUT2D eigenvalue weighted by atomic mass is 16.2. The molecule has 4 heteroatoms. The zero-order valence-corrected chi connectivity index (χ0v) is 13.3. The van der Waals surface area contributed by atoms with Crippen LogP contribution in [0.1, 0.15) is 43.6 Å². The maximum Gasteiger partial charge on any atom is 0.256 e. The van der Waals surface area contributed by atoms with E-state index >= 15 is 0 Å². The quantitative estimate of drug-likeness (QED) is 0.734. The molecule has 0 unspecified atom stereocenters. The van der Waals surface area contributed by atoms with E-state index in [0.717, 1.165) is 11.1 Å². The molecule has 2 heterocycles. The van der Waals surface area contributed by atoms with E-state index in [1.807, 2.05) is 31.2 Å². The van der Waals surface area contributed by atoms with E-state index in [0.29, 0.717) is 6.42 Å². The van der Waals surface area contributed by atoms with Crippen LogP contribution >= 0.6 is 0 Å². The van der Waals surface area contributed by atoms with Crippen molar-refractivity contribution in [2.45, 2.75) is 45.8 Å². The lowest BCUT2D eigenvalue weighted by Crippen LogP contribution is -2.58. The van der Waals surface area contributed by atoms with Crippen LogP contribution in [0.3, 0.4) is 0 Å². The molecule has 4 nitrogen and oxygen atoms in total. The largest absolute Gasteiger partial charge is 0.323 e. The first-order valence-electron chi connectivity index (χ1n) is 7.37. The molecule has 2 aliphatic rings. The second-order valence-corrected chi connectivity index (χ2v) is 7.44. The van der Waals surface area contributed by atoms with Crippen molar-refractivity contribution in [2.24, 2.45) is 5.41 Å². The van der Waals surface area contributed by atoms with Gasteiger partial charge >= 0.3 is 0 Å². The Balaban J connectivity index is 2.19. The average molecular weight is 286 g/mol. The van der Waals surface area contributed by atoms with Crippen LogP contribution in [-0.2, 0) is 11.2 Å². The van der Waals surface area contributed by atoms with Crippen LogP contribution < -0.4 is 0 Å². The van der Waals surface area contributed by atoms with Gasteiger partial charge in [-0.2, -0.15) is 0 Å². The fourth-order valence-corrected chi connectivity index (χ4v) is 3.89. The van der Waals surface area contributed by atoms with Gasteiger partial charge in [-0.25, -0.2) is 0 Å². The number of carbonyl (C=O) groups excluding carboxylic acids is 2. The van der Waals surface area contributed by atoms with Crippen molar-refractivity contribution in [3.05, 3.63) is 35.4 Å². The normalized spacial score (nSPS) is 28.7. The molecule has 1 saturated heterocycles. The third kappa shape index (κ3) is 1.74. The Labute approximate surface area is 125 Å². The molecule has 2 atom stereocenters. The van der Waals surface area contributed by atoms with Crippen molar-refractivity contribution in [1.82, 2.24) is 9.80 Å². The van der Waals surface area contributed by atoms with Crippen LogP contribution in [-0.4, -0.2) is 40.4 Å². The van der Waals surface area contributed by atoms with Gasteiger partial charge in [0.1, 0.15) is 11.7 Å². The van der Waals surface area contributed by atoms with Gasteiger partial charge in [-0.15, -0.1) is 0 Å². The van der Waals surface area contributed by atoms with Crippen LogP contribution in [0.25, 0.3) is 0 Å². The molecule has 0 N–H and O–H groups in total. The van der Waals surface area contributed by atoms with Gasteiger partial charge in [-0.3, -0.25) is 9.59 Å². The number of hydrogen-bond donors (Lipinski definition) is 0. The summed E-state index contributed by atoms with van der Waals surface area (Å²) in [5, 5.41) is 0. The Kier molecular flexibility index (Phi) is 2.75. The average Bonchev–Trinajstić information content (AvgIpc) is 2.60. The molecule has 1 aromatic carbocycles. The number of likely N-dealkylation sites (N-methyl/N-ethyl adjacent to an activating group) is 1. The lowest BCUT2D eigenvalue weighted by Gasteiger charge is -2.44. The molecule has 0 saturated carbocycles. The summed E-state index contributed by atoms with van der Waals surface area (Å²) in [6.07, 6.45) is 0.376. The zero-order chi connectivity index (χ0) is 15.6. The van der Waals surface area contributed by atoms with E-state index < -0.39 is 5.54 Å². The zero-order valence-electron chi connectivity index (χ0n) is 13.3. The van der Waals surface area contributed by atoms with Crippen molar-refractivity contribution < 1.29 is 9.59 Å². The highest BCUT2D eigenvalue weighted by Gasteiger charge is 2.60. The van der Waals surface area contributed by atoms with E-state index in [4.69, 9.17) is 0 Å². The number of nitrogens with zero attached hydrogens (tertiary/aromatic N) is 2. The monoisotopic (exact) mass is 286 g/mol. The number of rotatable bonds is 0. The first-order valence-corrected chi connectivity index (χ1v) is 7.37. The first kappa shape index (κ1) is 14.1. The summed E-state index contributed by atoms with van der Waals surface area (Å²) < 4.78 is 0. The Morgan fingerprint density at radius 2 is 1.81 bits per heavy atom. The van der Waals surface area contributed by atoms with Gasteiger partial charge in [0.2, 0.25) is 5.91 Å². The lowest BCUT2D eigenvalue weighted by molar-refractivity contribution is -0.132. The lowest BCUT2D eigenvalue weighted by atomic mass is 9.82. The Hall–Kier alpha value is -1.84. The molecule has 0 spiro atoms. The molecule has 112 valence electrons. The maximum absolute atomic E-state index is 13.0. The fourth-order valence-electron chi connectivity index (χ4n) is 3.89. The Morgan fingerprint density at radius 1 is 1.19 bits per heavy atom. The maximum atomic E-state index is 13.0. The third-order valence-electron chi connectivity index (χ3n) is 4.70. The summed E-state index contributed by atoms with van der Waals surface area (Å²) in [6, 6.07) is 7.62. The predicted octanol–water partition coefficient (Wildman–Crippen LogP) is 2.29. The molecule has 1 aromatic rings. The highest BCUT2D eigenvalue weighted by Crippen LogP contribution is 2.44. The van der Waals surface area contributed by atoms with Gasteiger partial charge in [0.15, 0.2) is 0 Å². The van der Waals surface area contributed by atoms with Crippen LogP contribution in [0.5, 0.6) is 0 Å². The van der Waals surface area contributed by atoms with Gasteiger partial charge in [0.05, 0.1) is 0 Å². The van der Waals surface area contributed by atoms with E-state index in [9.17, 15) is 9.59 Å². The molecule has 2 aliphatic heterocycles. The van der Waals surface area contributed by atoms with Crippen LogP contribution in [0.2, 0.25) is 0 Å². The standard InChI is InChI=1S/C17H22N2O2/c1-16(2,3)14-18(5)15(21)17(4)10-11-8-6-7-9-12(11)13(20)19(14)17/h6-9,14H,10H2,1-5H3/t14-,17+/m0/s1. The number of amides is 2. The van der Waals surface area contributed by atoms with Crippen molar-refractivity contribution in [3.8, 4) is 0 Å². The minimum Gasteiger partial charge on any atom is -0.323 e. The van der Waals surface area contributed by atoms with Crippen molar-refractivity contribution >= 4 is 11.8 Å². The van der Waals surface area contributed by atoms with Crippen LogP contribution in [0, 0.1) is 5.41 Å². The van der Waals surface area contributed by atoms with E-state index in [2.05, 4.69) is 20.8 Å². The molecule has 0 radical (unpaired) electrons. The van der Waals surface area contributed by atoms with Gasteiger partial charge in [-0.05, 0) is 18.6 Å². The molecular weight excluding hydrogens is 264 g/mol. The second-order valence-electron chi connectivity index (χ2n) is 7.44. The van der Waals surface area contributed by atoms with Crippen molar-refractivity contribution in [2.75, 3.05) is 7.05 Å². The van der Waals surface area contributed by atoms with Crippen LogP contribution in [0.15, 0.2) is 24.3 Å². The Bertz CT molecular complexity index is 632. The summed E-state index contributed by atoms with van der Waals surface area (Å²) in [4.78, 5) is 29.3. The number of benzene rings is 1. The van der Waals surface area contributed by atoms with E-state index in [1.54, 1.807) is 16.8 Å². The van der Waals surface area contributed by atoms with Crippen LogP contribution in [0.4, 0.5) is 0 Å². The number of hydrogen-bond acceptors (Lipinski definition) is 2. The smallest absolute Gasteiger partial charge is 0.256 e. The second kappa shape index (κ2) is 4.09. The molecule has 2 amide bonds. The molecule has 0 bridgehead atoms. The molecule has 21 heavy (non-hydrogen) atoms. The summed E-state index contributed by atoms with van der Waals surface area (Å²) in [7, 11) is 1.81. The summed E-state index contributed by atoms with van der Waals surface area (Å²) in [5.41, 5.74) is 0.743. The molecular formula is C17H22N2O2. The summed E-state index contributed by atoms with van der Waals surface area (Å²) >= 11 is 0.